The van der Waals surface area contributed by atoms with Crippen LogP contribution in [-0.2, 0) is 6.54 Å². The van der Waals surface area contributed by atoms with Crippen LogP contribution >= 0.6 is 11.3 Å². The van der Waals surface area contributed by atoms with Crippen LogP contribution in [0.2, 0.25) is 0 Å². The van der Waals surface area contributed by atoms with E-state index in [1.165, 1.54) is 4.88 Å². The topological polar surface area (TPSA) is 50.7 Å². The molecule has 0 radical (unpaired) electrons. The summed E-state index contributed by atoms with van der Waals surface area (Å²) in [5, 5.41) is 12.2. The van der Waals surface area contributed by atoms with E-state index >= 15 is 0 Å². The van der Waals surface area contributed by atoms with Crippen molar-refractivity contribution in [3.63, 3.8) is 0 Å². The van der Waals surface area contributed by atoms with E-state index in [0.717, 1.165) is 16.5 Å². The van der Waals surface area contributed by atoms with E-state index in [9.17, 15) is 0 Å². The maximum Gasteiger partial charge on any atom is 0.149 e. The summed E-state index contributed by atoms with van der Waals surface area (Å²) >= 11 is 1.69. The molecule has 78 valence electrons. The van der Waals surface area contributed by atoms with Crippen molar-refractivity contribution < 1.29 is 0 Å². The van der Waals surface area contributed by atoms with Gasteiger partial charge in [0.05, 0.1) is 12.2 Å². The molecule has 0 aromatic carbocycles. The van der Waals surface area contributed by atoms with Gasteiger partial charge in [0.25, 0.3) is 0 Å². The molecule has 1 N–H and O–H groups in total. The molecule has 0 aliphatic heterocycles. The number of nitrogens with one attached hydrogen (secondary N) is 1. The lowest BCUT2D eigenvalue weighted by Crippen LogP contribution is -2.01. The normalized spacial score (nSPS) is 10.3. The van der Waals surface area contributed by atoms with Gasteiger partial charge in [0.15, 0.2) is 0 Å². The fraction of sp³-hybridized carbons (Fsp3) is 0.300. The van der Waals surface area contributed by atoms with E-state index in [-0.39, 0.29) is 0 Å². The van der Waals surface area contributed by atoms with Crippen LogP contribution in [0.25, 0.3) is 0 Å². The minimum absolute atomic E-state index is 0.705. The predicted molar refractivity (Wildman–Crippen MR) is 60.9 cm³/mol. The Labute approximate surface area is 92.4 Å². The minimum Gasteiger partial charge on any atom is -0.362 e. The first kappa shape index (κ1) is 10.0. The zero-order valence-electron chi connectivity index (χ0n) is 8.69. The largest absolute Gasteiger partial charge is 0.362 e. The van der Waals surface area contributed by atoms with Crippen molar-refractivity contribution in [3.05, 3.63) is 33.9 Å². The smallest absolute Gasteiger partial charge is 0.149 e. The SMILES string of the molecule is Cc1ccc(NCc2ncc(C)s2)nn1. The van der Waals surface area contributed by atoms with Gasteiger partial charge >= 0.3 is 0 Å². The van der Waals surface area contributed by atoms with Gasteiger partial charge in [0.1, 0.15) is 10.8 Å². The molecule has 0 atom stereocenters. The first-order valence-electron chi connectivity index (χ1n) is 4.69. The van der Waals surface area contributed by atoms with Crippen molar-refractivity contribution >= 4 is 17.2 Å². The molecule has 0 saturated heterocycles. The number of hydrogen-bond donors (Lipinski definition) is 1. The number of thiazole rings is 1. The Balaban J connectivity index is 1.96. The van der Waals surface area contributed by atoms with Crippen molar-refractivity contribution in [1.29, 1.82) is 0 Å². The average Bonchev–Trinajstić information content (AvgIpc) is 2.64. The fourth-order valence-corrected chi connectivity index (χ4v) is 1.87. The summed E-state index contributed by atoms with van der Waals surface area (Å²) in [6.45, 7) is 4.67. The van der Waals surface area contributed by atoms with Crippen LogP contribution in [-0.4, -0.2) is 15.2 Å². The minimum atomic E-state index is 0.705. The zero-order valence-corrected chi connectivity index (χ0v) is 9.51. The van der Waals surface area contributed by atoms with E-state index in [0.29, 0.717) is 6.54 Å². The van der Waals surface area contributed by atoms with Crippen molar-refractivity contribution in [2.75, 3.05) is 5.32 Å². The molecule has 2 heterocycles. The molecule has 0 bridgehead atoms. The summed E-state index contributed by atoms with van der Waals surface area (Å²) in [6, 6.07) is 3.85. The molecule has 2 aromatic rings. The Bertz CT molecular complexity index is 435. The highest BCUT2D eigenvalue weighted by Gasteiger charge is 1.99. The first-order valence-corrected chi connectivity index (χ1v) is 5.51. The molecular weight excluding hydrogens is 208 g/mol. The molecule has 0 fully saturated rings. The highest BCUT2D eigenvalue weighted by atomic mass is 32.1. The third-order valence-corrected chi connectivity index (χ3v) is 2.80. The Morgan fingerprint density at radius 3 is 2.73 bits per heavy atom. The molecule has 0 amide bonds. The maximum absolute atomic E-state index is 4.26. The average molecular weight is 220 g/mol. The monoisotopic (exact) mass is 220 g/mol. The molecule has 2 rings (SSSR count). The van der Waals surface area contributed by atoms with E-state index in [1.54, 1.807) is 11.3 Å². The van der Waals surface area contributed by atoms with Crippen LogP contribution in [0.1, 0.15) is 15.6 Å². The molecule has 0 spiro atoms. The summed E-state index contributed by atoms with van der Waals surface area (Å²) in [7, 11) is 0. The maximum atomic E-state index is 4.26. The quantitative estimate of drug-likeness (QED) is 0.861. The molecule has 0 unspecified atom stereocenters. The Hall–Kier alpha value is -1.49. The van der Waals surface area contributed by atoms with Crippen LogP contribution in [0, 0.1) is 13.8 Å². The van der Waals surface area contributed by atoms with Crippen LogP contribution < -0.4 is 5.32 Å². The standard InChI is InChI=1S/C10H12N4S/c1-7-3-4-9(14-13-7)11-6-10-12-5-8(2)15-10/h3-5H,6H2,1-2H3,(H,11,14). The zero-order chi connectivity index (χ0) is 10.7. The summed E-state index contributed by atoms with van der Waals surface area (Å²) in [5.74, 6) is 0.786. The summed E-state index contributed by atoms with van der Waals surface area (Å²) < 4.78 is 0. The van der Waals surface area contributed by atoms with Crippen molar-refractivity contribution in [2.45, 2.75) is 20.4 Å². The van der Waals surface area contributed by atoms with Crippen molar-refractivity contribution in [2.24, 2.45) is 0 Å². The predicted octanol–water partition coefficient (Wildman–Crippen LogP) is 2.16. The lowest BCUT2D eigenvalue weighted by molar-refractivity contribution is 0.960. The Morgan fingerprint density at radius 2 is 2.13 bits per heavy atom. The third-order valence-electron chi connectivity index (χ3n) is 1.89. The number of aromatic nitrogens is 3. The van der Waals surface area contributed by atoms with Gasteiger partial charge in [-0.25, -0.2) is 4.98 Å². The number of aryl methyl sites for hydroxylation is 2. The molecule has 0 aliphatic carbocycles. The summed E-state index contributed by atoms with van der Waals surface area (Å²) in [5.41, 5.74) is 0.922. The Kier molecular flexibility index (Phi) is 2.91. The van der Waals surface area contributed by atoms with E-state index in [2.05, 4.69) is 20.5 Å². The molecule has 5 heteroatoms. The number of nitrogens with zero attached hydrogens (tertiary/aromatic N) is 3. The van der Waals surface area contributed by atoms with Gasteiger partial charge in [-0.05, 0) is 26.0 Å². The van der Waals surface area contributed by atoms with Gasteiger partial charge in [-0.3, -0.25) is 0 Å². The summed E-state index contributed by atoms with van der Waals surface area (Å²) in [6.07, 6.45) is 1.88. The molecule has 2 aromatic heterocycles. The van der Waals surface area contributed by atoms with Gasteiger partial charge < -0.3 is 5.32 Å². The number of rotatable bonds is 3. The van der Waals surface area contributed by atoms with E-state index in [4.69, 9.17) is 0 Å². The van der Waals surface area contributed by atoms with Gasteiger partial charge in [-0.2, -0.15) is 5.10 Å². The summed E-state index contributed by atoms with van der Waals surface area (Å²) in [4.78, 5) is 5.48. The molecule has 0 saturated carbocycles. The van der Waals surface area contributed by atoms with E-state index in [1.807, 2.05) is 32.2 Å². The second-order valence-corrected chi connectivity index (χ2v) is 4.60. The fourth-order valence-electron chi connectivity index (χ4n) is 1.14. The lowest BCUT2D eigenvalue weighted by atomic mass is 10.4. The third kappa shape index (κ3) is 2.73. The van der Waals surface area contributed by atoms with Crippen molar-refractivity contribution in [1.82, 2.24) is 15.2 Å². The van der Waals surface area contributed by atoms with Gasteiger partial charge in [0, 0.05) is 11.1 Å². The van der Waals surface area contributed by atoms with Crippen LogP contribution in [0.15, 0.2) is 18.3 Å². The number of hydrogen-bond acceptors (Lipinski definition) is 5. The number of anilines is 1. The molecule has 4 nitrogen and oxygen atoms in total. The van der Waals surface area contributed by atoms with Crippen LogP contribution in [0.5, 0.6) is 0 Å². The van der Waals surface area contributed by atoms with Crippen LogP contribution in [0.3, 0.4) is 0 Å². The Morgan fingerprint density at radius 1 is 1.27 bits per heavy atom. The second-order valence-electron chi connectivity index (χ2n) is 3.28. The molecule has 0 aliphatic rings. The van der Waals surface area contributed by atoms with Crippen molar-refractivity contribution in [3.8, 4) is 0 Å². The van der Waals surface area contributed by atoms with E-state index < -0.39 is 0 Å². The van der Waals surface area contributed by atoms with Gasteiger partial charge in [-0.1, -0.05) is 0 Å². The van der Waals surface area contributed by atoms with Crippen LogP contribution in [0.4, 0.5) is 5.82 Å². The molecule has 15 heavy (non-hydrogen) atoms. The lowest BCUT2D eigenvalue weighted by Gasteiger charge is -2.01. The highest BCUT2D eigenvalue weighted by Crippen LogP contribution is 2.12. The molecular formula is C10H12N4S. The van der Waals surface area contributed by atoms with Gasteiger partial charge in [-0.15, -0.1) is 16.4 Å². The highest BCUT2D eigenvalue weighted by molar-refractivity contribution is 7.11. The van der Waals surface area contributed by atoms with Gasteiger partial charge in [0.2, 0.25) is 0 Å². The first-order chi connectivity index (χ1) is 7.24. The second kappa shape index (κ2) is 4.35.